The number of amides is 1. The van der Waals surface area contributed by atoms with Gasteiger partial charge in [-0.1, -0.05) is 44.2 Å². The van der Waals surface area contributed by atoms with Crippen molar-refractivity contribution in [3.8, 4) is 0 Å². The summed E-state index contributed by atoms with van der Waals surface area (Å²) in [6.07, 6.45) is 0.779. The summed E-state index contributed by atoms with van der Waals surface area (Å²) in [6, 6.07) is 10.1. The van der Waals surface area contributed by atoms with Gasteiger partial charge in [0, 0.05) is 13.1 Å². The summed E-state index contributed by atoms with van der Waals surface area (Å²) in [6.45, 7) is 8.85. The Morgan fingerprint density at radius 2 is 1.95 bits per heavy atom. The van der Waals surface area contributed by atoms with Crippen LogP contribution in [0, 0.1) is 0 Å². The van der Waals surface area contributed by atoms with Crippen LogP contribution < -0.4 is 5.32 Å². The van der Waals surface area contributed by atoms with Crippen molar-refractivity contribution in [2.75, 3.05) is 32.8 Å². The molecular weight excluding hydrogens is 250 g/mol. The smallest absolute Gasteiger partial charge is 0.241 e. The second kappa shape index (κ2) is 7.41. The first-order valence-corrected chi connectivity index (χ1v) is 7.53. The summed E-state index contributed by atoms with van der Waals surface area (Å²) in [7, 11) is 0. The Bertz CT molecular complexity index is 417. The standard InChI is InChI=1S/C16H25N3O/c1-3-18(4-2)10-11-19-13-17-15(16(19)20)12-14-8-6-5-7-9-14/h5-9,15,17H,3-4,10-13H2,1-2H3. The third-order valence-electron chi connectivity index (χ3n) is 4.00. The van der Waals surface area contributed by atoms with E-state index < -0.39 is 0 Å². The molecule has 1 heterocycles. The van der Waals surface area contributed by atoms with Crippen LogP contribution in [0.5, 0.6) is 0 Å². The minimum absolute atomic E-state index is 0.0610. The van der Waals surface area contributed by atoms with Gasteiger partial charge in [-0.15, -0.1) is 0 Å². The van der Waals surface area contributed by atoms with Crippen molar-refractivity contribution in [3.05, 3.63) is 35.9 Å². The number of rotatable bonds is 7. The molecule has 1 N–H and O–H groups in total. The SMILES string of the molecule is CCN(CC)CCN1CNC(Cc2ccccc2)C1=O. The highest BCUT2D eigenvalue weighted by molar-refractivity contribution is 5.84. The van der Waals surface area contributed by atoms with E-state index in [0.29, 0.717) is 6.67 Å². The van der Waals surface area contributed by atoms with E-state index in [-0.39, 0.29) is 11.9 Å². The molecule has 0 bridgehead atoms. The topological polar surface area (TPSA) is 35.6 Å². The van der Waals surface area contributed by atoms with Crippen molar-refractivity contribution in [2.24, 2.45) is 0 Å². The maximum Gasteiger partial charge on any atom is 0.241 e. The number of hydrogen-bond donors (Lipinski definition) is 1. The summed E-state index contributed by atoms with van der Waals surface area (Å²) >= 11 is 0. The summed E-state index contributed by atoms with van der Waals surface area (Å²) in [4.78, 5) is 16.6. The first-order chi connectivity index (χ1) is 9.74. The zero-order valence-electron chi connectivity index (χ0n) is 12.5. The van der Waals surface area contributed by atoms with Gasteiger partial charge < -0.3 is 9.80 Å². The molecule has 4 heteroatoms. The fraction of sp³-hybridized carbons (Fsp3) is 0.562. The highest BCUT2D eigenvalue weighted by atomic mass is 16.2. The second-order valence-electron chi connectivity index (χ2n) is 5.23. The van der Waals surface area contributed by atoms with Gasteiger partial charge in [-0.25, -0.2) is 0 Å². The Morgan fingerprint density at radius 3 is 2.60 bits per heavy atom. The van der Waals surface area contributed by atoms with Crippen LogP contribution in [-0.2, 0) is 11.2 Å². The molecule has 1 unspecified atom stereocenters. The Morgan fingerprint density at radius 1 is 1.25 bits per heavy atom. The number of nitrogens with one attached hydrogen (secondary N) is 1. The average Bonchev–Trinajstić information content (AvgIpc) is 2.82. The molecule has 1 fully saturated rings. The number of hydrogen-bond acceptors (Lipinski definition) is 3. The van der Waals surface area contributed by atoms with Crippen LogP contribution in [0.2, 0.25) is 0 Å². The molecule has 1 aliphatic heterocycles. The monoisotopic (exact) mass is 275 g/mol. The van der Waals surface area contributed by atoms with E-state index in [4.69, 9.17) is 0 Å². The lowest BCUT2D eigenvalue weighted by atomic mass is 10.1. The number of benzene rings is 1. The minimum atomic E-state index is -0.0610. The van der Waals surface area contributed by atoms with Gasteiger partial charge in [0.25, 0.3) is 0 Å². The lowest BCUT2D eigenvalue weighted by Crippen LogP contribution is -2.37. The van der Waals surface area contributed by atoms with Crippen molar-refractivity contribution >= 4 is 5.91 Å². The Hall–Kier alpha value is -1.39. The summed E-state index contributed by atoms with van der Waals surface area (Å²) in [5.41, 5.74) is 1.21. The van der Waals surface area contributed by atoms with E-state index in [1.54, 1.807) is 0 Å². The molecule has 20 heavy (non-hydrogen) atoms. The maximum atomic E-state index is 12.3. The summed E-state index contributed by atoms with van der Waals surface area (Å²) in [5, 5.41) is 3.32. The van der Waals surface area contributed by atoms with Crippen LogP contribution in [0.25, 0.3) is 0 Å². The molecule has 1 amide bonds. The number of carbonyl (C=O) groups excluding carboxylic acids is 1. The normalized spacial score (nSPS) is 19.1. The van der Waals surface area contributed by atoms with Gasteiger partial charge in [-0.05, 0) is 25.1 Å². The quantitative estimate of drug-likeness (QED) is 0.815. The van der Waals surface area contributed by atoms with E-state index >= 15 is 0 Å². The molecule has 110 valence electrons. The van der Waals surface area contributed by atoms with Gasteiger partial charge in [0.2, 0.25) is 5.91 Å². The molecule has 0 aliphatic carbocycles. The fourth-order valence-corrected chi connectivity index (χ4v) is 2.61. The van der Waals surface area contributed by atoms with E-state index in [2.05, 4.69) is 36.2 Å². The van der Waals surface area contributed by atoms with E-state index in [1.807, 2.05) is 23.1 Å². The molecule has 0 aromatic heterocycles. The van der Waals surface area contributed by atoms with Gasteiger partial charge in [0.1, 0.15) is 0 Å². The predicted octanol–water partition coefficient (Wildman–Crippen LogP) is 1.33. The van der Waals surface area contributed by atoms with Gasteiger partial charge in [0.05, 0.1) is 12.7 Å². The Labute approximate surface area is 121 Å². The third kappa shape index (κ3) is 3.81. The third-order valence-corrected chi connectivity index (χ3v) is 4.00. The molecule has 1 saturated heterocycles. The van der Waals surface area contributed by atoms with Crippen LogP contribution in [0.3, 0.4) is 0 Å². The van der Waals surface area contributed by atoms with E-state index in [9.17, 15) is 4.79 Å². The summed E-state index contributed by atoms with van der Waals surface area (Å²) in [5.74, 6) is 0.237. The van der Waals surface area contributed by atoms with Crippen LogP contribution in [0.15, 0.2) is 30.3 Å². The van der Waals surface area contributed by atoms with Crippen LogP contribution in [0.4, 0.5) is 0 Å². The number of nitrogens with zero attached hydrogens (tertiary/aromatic N) is 2. The van der Waals surface area contributed by atoms with Gasteiger partial charge in [0.15, 0.2) is 0 Å². The number of carbonyl (C=O) groups is 1. The van der Waals surface area contributed by atoms with Crippen molar-refractivity contribution in [1.29, 1.82) is 0 Å². The average molecular weight is 275 g/mol. The van der Waals surface area contributed by atoms with Crippen molar-refractivity contribution in [1.82, 2.24) is 15.1 Å². The van der Waals surface area contributed by atoms with Crippen LogP contribution in [-0.4, -0.2) is 54.6 Å². The predicted molar refractivity (Wildman–Crippen MR) is 81.4 cm³/mol. The first-order valence-electron chi connectivity index (χ1n) is 7.53. The van der Waals surface area contributed by atoms with Crippen molar-refractivity contribution in [2.45, 2.75) is 26.3 Å². The molecule has 0 saturated carbocycles. The maximum absolute atomic E-state index is 12.3. The van der Waals surface area contributed by atoms with Gasteiger partial charge >= 0.3 is 0 Å². The highest BCUT2D eigenvalue weighted by Crippen LogP contribution is 2.10. The largest absolute Gasteiger partial charge is 0.327 e. The molecular formula is C16H25N3O. The molecule has 0 radical (unpaired) electrons. The molecule has 2 rings (SSSR count). The van der Waals surface area contributed by atoms with Crippen LogP contribution >= 0.6 is 0 Å². The lowest BCUT2D eigenvalue weighted by molar-refractivity contribution is -0.129. The van der Waals surface area contributed by atoms with Crippen LogP contribution in [0.1, 0.15) is 19.4 Å². The van der Waals surface area contributed by atoms with Crippen molar-refractivity contribution in [3.63, 3.8) is 0 Å². The second-order valence-corrected chi connectivity index (χ2v) is 5.23. The molecule has 0 spiro atoms. The fourth-order valence-electron chi connectivity index (χ4n) is 2.61. The first kappa shape index (κ1) is 15.0. The highest BCUT2D eigenvalue weighted by Gasteiger charge is 2.30. The summed E-state index contributed by atoms with van der Waals surface area (Å²) < 4.78 is 0. The molecule has 1 aromatic carbocycles. The lowest BCUT2D eigenvalue weighted by Gasteiger charge is -2.22. The molecule has 1 aromatic rings. The molecule has 1 aliphatic rings. The zero-order chi connectivity index (χ0) is 14.4. The Kier molecular flexibility index (Phi) is 5.56. The van der Waals surface area contributed by atoms with Gasteiger partial charge in [-0.2, -0.15) is 0 Å². The molecule has 1 atom stereocenters. The zero-order valence-corrected chi connectivity index (χ0v) is 12.5. The van der Waals surface area contributed by atoms with Crippen molar-refractivity contribution < 1.29 is 4.79 Å². The minimum Gasteiger partial charge on any atom is -0.327 e. The van der Waals surface area contributed by atoms with E-state index in [0.717, 1.165) is 32.6 Å². The number of likely N-dealkylation sites (N-methyl/N-ethyl adjacent to an activating group) is 1. The van der Waals surface area contributed by atoms with E-state index in [1.165, 1.54) is 5.56 Å². The molecule has 4 nitrogen and oxygen atoms in total. The Balaban J connectivity index is 1.83. The van der Waals surface area contributed by atoms with Gasteiger partial charge in [-0.3, -0.25) is 10.1 Å².